The Morgan fingerprint density at radius 1 is 1.41 bits per heavy atom. The van der Waals surface area contributed by atoms with Gasteiger partial charge in [0.1, 0.15) is 11.7 Å². The number of hydrogen-bond acceptors (Lipinski definition) is 3. The monoisotopic (exact) mass is 228 g/mol. The van der Waals surface area contributed by atoms with Crippen molar-refractivity contribution in [2.75, 3.05) is 11.9 Å². The molecule has 0 aliphatic heterocycles. The highest BCUT2D eigenvalue weighted by atomic mass is 15.0. The fourth-order valence-corrected chi connectivity index (χ4v) is 1.74. The molecule has 0 amide bonds. The molecule has 1 aromatic carbocycles. The minimum atomic E-state index is 0.0724. The number of amidine groups is 1. The molecule has 0 aliphatic carbocycles. The van der Waals surface area contributed by atoms with E-state index in [1.54, 1.807) is 0 Å². The average Bonchev–Trinajstić information content (AvgIpc) is 2.35. The minimum Gasteiger partial charge on any atom is -0.384 e. The zero-order chi connectivity index (χ0) is 12.3. The van der Waals surface area contributed by atoms with Crippen LogP contribution in [-0.2, 0) is 0 Å². The number of para-hydroxylation sites is 1. The number of nitrogens with zero attached hydrogens (tertiary/aromatic N) is 1. The van der Waals surface area contributed by atoms with Crippen LogP contribution in [-0.4, -0.2) is 17.4 Å². The van der Waals surface area contributed by atoms with E-state index in [1.807, 2.05) is 30.3 Å². The van der Waals surface area contributed by atoms with Gasteiger partial charge >= 0.3 is 0 Å². The molecule has 0 aliphatic rings. The van der Waals surface area contributed by atoms with Crippen molar-refractivity contribution in [3.05, 3.63) is 35.9 Å². The number of hydrogen-bond donors (Lipinski definition) is 3. The lowest BCUT2D eigenvalue weighted by atomic mass is 10.1. The molecule has 1 heterocycles. The summed E-state index contributed by atoms with van der Waals surface area (Å²) < 4.78 is 0. The zero-order valence-electron chi connectivity index (χ0n) is 9.83. The first-order chi connectivity index (χ1) is 8.22. The summed E-state index contributed by atoms with van der Waals surface area (Å²) in [6, 6.07) is 9.56. The second kappa shape index (κ2) is 4.82. The van der Waals surface area contributed by atoms with Crippen molar-refractivity contribution >= 4 is 22.6 Å². The third-order valence-corrected chi connectivity index (χ3v) is 2.56. The maximum atomic E-state index is 7.61. The van der Waals surface area contributed by atoms with E-state index in [4.69, 9.17) is 11.1 Å². The normalized spacial score (nSPS) is 10.4. The van der Waals surface area contributed by atoms with E-state index < -0.39 is 0 Å². The number of anilines is 1. The highest BCUT2D eigenvalue weighted by molar-refractivity contribution is 6.07. The molecule has 0 atom stereocenters. The van der Waals surface area contributed by atoms with Crippen molar-refractivity contribution in [1.82, 2.24) is 4.98 Å². The lowest BCUT2D eigenvalue weighted by Gasteiger charge is -2.09. The molecule has 0 radical (unpaired) electrons. The van der Waals surface area contributed by atoms with Crippen LogP contribution in [0.2, 0.25) is 0 Å². The number of aromatic nitrogens is 1. The molecular weight excluding hydrogens is 212 g/mol. The van der Waals surface area contributed by atoms with E-state index in [0.717, 1.165) is 35.2 Å². The Hall–Kier alpha value is -2.10. The Labute approximate surface area is 100 Å². The van der Waals surface area contributed by atoms with Gasteiger partial charge in [0, 0.05) is 17.5 Å². The van der Waals surface area contributed by atoms with Crippen molar-refractivity contribution in [3.63, 3.8) is 0 Å². The molecule has 88 valence electrons. The van der Waals surface area contributed by atoms with Gasteiger partial charge < -0.3 is 11.1 Å². The second-order valence-electron chi connectivity index (χ2n) is 3.91. The van der Waals surface area contributed by atoms with E-state index in [9.17, 15) is 0 Å². The fraction of sp³-hybridized carbons (Fsp3) is 0.231. The maximum Gasteiger partial charge on any atom is 0.127 e. The van der Waals surface area contributed by atoms with Gasteiger partial charge in [-0.25, -0.2) is 4.98 Å². The van der Waals surface area contributed by atoms with Crippen LogP contribution in [0.15, 0.2) is 30.3 Å². The molecular formula is C13H16N4. The summed E-state index contributed by atoms with van der Waals surface area (Å²) in [5.41, 5.74) is 7.20. The van der Waals surface area contributed by atoms with Crippen molar-refractivity contribution in [3.8, 4) is 0 Å². The first-order valence-corrected chi connectivity index (χ1v) is 5.70. The van der Waals surface area contributed by atoms with Gasteiger partial charge in [0.2, 0.25) is 0 Å². The molecule has 0 bridgehead atoms. The number of pyridine rings is 1. The van der Waals surface area contributed by atoms with Gasteiger partial charge in [0.15, 0.2) is 0 Å². The van der Waals surface area contributed by atoms with E-state index in [1.165, 1.54) is 0 Å². The summed E-state index contributed by atoms with van der Waals surface area (Å²) in [5.74, 6) is 0.846. The van der Waals surface area contributed by atoms with Crippen LogP contribution in [0.3, 0.4) is 0 Å². The highest BCUT2D eigenvalue weighted by Crippen LogP contribution is 2.20. The number of fused-ring (bicyclic) bond motifs is 1. The number of nitrogens with two attached hydrogens (primary N) is 1. The minimum absolute atomic E-state index is 0.0724. The van der Waals surface area contributed by atoms with E-state index >= 15 is 0 Å². The van der Waals surface area contributed by atoms with Crippen LogP contribution in [0.4, 0.5) is 5.82 Å². The quantitative estimate of drug-likeness (QED) is 0.555. The first kappa shape index (κ1) is 11.4. The molecule has 0 spiro atoms. The Morgan fingerprint density at radius 2 is 2.18 bits per heavy atom. The number of nitrogens with one attached hydrogen (secondary N) is 2. The molecule has 4 heteroatoms. The Bertz CT molecular complexity index is 548. The van der Waals surface area contributed by atoms with Gasteiger partial charge in [0.05, 0.1) is 5.52 Å². The summed E-state index contributed by atoms with van der Waals surface area (Å²) in [6.07, 6.45) is 1.03. The van der Waals surface area contributed by atoms with Crippen LogP contribution < -0.4 is 11.1 Å². The summed E-state index contributed by atoms with van der Waals surface area (Å²) in [5, 5.41) is 11.8. The van der Waals surface area contributed by atoms with Gasteiger partial charge in [-0.1, -0.05) is 25.1 Å². The fourth-order valence-electron chi connectivity index (χ4n) is 1.74. The SMILES string of the molecule is CCCNc1cc(C(=N)N)c2ccccc2n1. The summed E-state index contributed by atoms with van der Waals surface area (Å²) in [6.45, 7) is 2.96. The van der Waals surface area contributed by atoms with Crippen LogP contribution in [0.25, 0.3) is 10.9 Å². The van der Waals surface area contributed by atoms with Gasteiger partial charge in [0.25, 0.3) is 0 Å². The zero-order valence-corrected chi connectivity index (χ0v) is 9.83. The van der Waals surface area contributed by atoms with Gasteiger partial charge in [-0.3, -0.25) is 5.41 Å². The standard InChI is InChI=1S/C13H16N4/c1-2-7-16-12-8-10(13(14)15)9-5-3-4-6-11(9)17-12/h3-6,8H,2,7H2,1H3,(H3,14,15)(H,16,17). The third-order valence-electron chi connectivity index (χ3n) is 2.56. The Kier molecular flexibility index (Phi) is 3.23. The number of rotatable bonds is 4. The largest absolute Gasteiger partial charge is 0.384 e. The molecule has 0 unspecified atom stereocenters. The number of nitrogen functional groups attached to an aromatic ring is 1. The van der Waals surface area contributed by atoms with Gasteiger partial charge in [-0.15, -0.1) is 0 Å². The van der Waals surface area contributed by atoms with Crippen LogP contribution in [0, 0.1) is 5.41 Å². The molecule has 2 rings (SSSR count). The molecule has 2 aromatic rings. The predicted molar refractivity (Wildman–Crippen MR) is 71.5 cm³/mol. The summed E-state index contributed by atoms with van der Waals surface area (Å²) in [4.78, 5) is 4.49. The van der Waals surface area contributed by atoms with Crippen molar-refractivity contribution in [2.24, 2.45) is 5.73 Å². The average molecular weight is 228 g/mol. The predicted octanol–water partition coefficient (Wildman–Crippen LogP) is 2.34. The molecule has 1 aromatic heterocycles. The summed E-state index contributed by atoms with van der Waals surface area (Å²) in [7, 11) is 0. The van der Waals surface area contributed by atoms with Crippen molar-refractivity contribution < 1.29 is 0 Å². The molecule has 4 N–H and O–H groups in total. The first-order valence-electron chi connectivity index (χ1n) is 5.70. The van der Waals surface area contributed by atoms with Crippen LogP contribution in [0.1, 0.15) is 18.9 Å². The lowest BCUT2D eigenvalue weighted by Crippen LogP contribution is -2.13. The number of benzene rings is 1. The van der Waals surface area contributed by atoms with E-state index in [-0.39, 0.29) is 5.84 Å². The Balaban J connectivity index is 2.55. The molecule has 0 fully saturated rings. The Morgan fingerprint density at radius 3 is 2.88 bits per heavy atom. The third kappa shape index (κ3) is 2.36. The van der Waals surface area contributed by atoms with Crippen LogP contribution >= 0.6 is 0 Å². The van der Waals surface area contributed by atoms with Crippen molar-refractivity contribution in [2.45, 2.75) is 13.3 Å². The smallest absolute Gasteiger partial charge is 0.127 e. The maximum absolute atomic E-state index is 7.61. The van der Waals surface area contributed by atoms with E-state index in [0.29, 0.717) is 0 Å². The lowest BCUT2D eigenvalue weighted by molar-refractivity contribution is 0.971. The highest BCUT2D eigenvalue weighted by Gasteiger charge is 2.07. The van der Waals surface area contributed by atoms with E-state index in [2.05, 4.69) is 17.2 Å². The topological polar surface area (TPSA) is 74.8 Å². The molecule has 0 saturated heterocycles. The molecule has 17 heavy (non-hydrogen) atoms. The second-order valence-corrected chi connectivity index (χ2v) is 3.91. The molecule has 0 saturated carbocycles. The summed E-state index contributed by atoms with van der Waals surface area (Å²) >= 11 is 0. The van der Waals surface area contributed by atoms with Gasteiger partial charge in [-0.05, 0) is 18.6 Å². The van der Waals surface area contributed by atoms with Crippen molar-refractivity contribution in [1.29, 1.82) is 5.41 Å². The van der Waals surface area contributed by atoms with Gasteiger partial charge in [-0.2, -0.15) is 0 Å². The molecule has 4 nitrogen and oxygen atoms in total. The van der Waals surface area contributed by atoms with Crippen LogP contribution in [0.5, 0.6) is 0 Å².